The lowest BCUT2D eigenvalue weighted by Crippen LogP contribution is -2.45. The first-order chi connectivity index (χ1) is 11.0. The topological polar surface area (TPSA) is 9.23 Å². The van der Waals surface area contributed by atoms with Crippen molar-refractivity contribution in [1.82, 2.24) is 0 Å². The molecular weight excluding hydrogens is 310 g/mol. The summed E-state index contributed by atoms with van der Waals surface area (Å²) in [5.41, 5.74) is 6.39. The van der Waals surface area contributed by atoms with Crippen molar-refractivity contribution in [3.63, 3.8) is 0 Å². The Bertz CT molecular complexity index is 772. The van der Waals surface area contributed by atoms with Crippen molar-refractivity contribution in [3.05, 3.63) is 53.6 Å². The summed E-state index contributed by atoms with van der Waals surface area (Å²) in [5.74, 6) is 0. The number of hydrogen-bond donors (Lipinski definition) is 0. The van der Waals surface area contributed by atoms with Gasteiger partial charge in [-0.1, -0.05) is 75.6 Å². The summed E-state index contributed by atoms with van der Waals surface area (Å²) in [4.78, 5) is 0. The lowest BCUT2D eigenvalue weighted by Gasteiger charge is -2.39. The van der Waals surface area contributed by atoms with Crippen LogP contribution in [0.5, 0.6) is 0 Å². The molecule has 0 spiro atoms. The minimum atomic E-state index is -0.255. The average Bonchev–Trinajstić information content (AvgIpc) is 2.73. The summed E-state index contributed by atoms with van der Waals surface area (Å²) in [7, 11) is 4.79. The molecule has 0 saturated carbocycles. The van der Waals surface area contributed by atoms with Gasteiger partial charge in [0.15, 0.2) is 0 Å². The third-order valence-electron chi connectivity index (χ3n) is 5.65. The van der Waals surface area contributed by atoms with E-state index in [9.17, 15) is 0 Å². The molecule has 0 heterocycles. The van der Waals surface area contributed by atoms with Crippen LogP contribution >= 0.6 is 9.24 Å². The largest absolute Gasteiger partial charge is 0.429 e. The summed E-state index contributed by atoms with van der Waals surface area (Å²) in [6.45, 7) is 13.2. The molecular formula is C21H27BOP. The highest BCUT2D eigenvalue weighted by molar-refractivity contribution is 7.19. The van der Waals surface area contributed by atoms with E-state index in [2.05, 4.69) is 93.2 Å². The Balaban J connectivity index is 1.90. The average molecular weight is 337 g/mol. The van der Waals surface area contributed by atoms with Crippen LogP contribution < -0.4 is 5.46 Å². The van der Waals surface area contributed by atoms with Gasteiger partial charge < -0.3 is 4.65 Å². The van der Waals surface area contributed by atoms with Crippen LogP contribution in [0, 0.1) is 0 Å². The van der Waals surface area contributed by atoms with Crippen LogP contribution in [0.4, 0.5) is 0 Å². The van der Waals surface area contributed by atoms with Gasteiger partial charge in [0.25, 0.3) is 0 Å². The fourth-order valence-corrected chi connectivity index (χ4v) is 3.23. The van der Waals surface area contributed by atoms with Crippen LogP contribution in [0.1, 0.15) is 52.7 Å². The molecule has 0 aliphatic heterocycles. The van der Waals surface area contributed by atoms with Gasteiger partial charge >= 0.3 is 7.48 Å². The van der Waals surface area contributed by atoms with Gasteiger partial charge in [0.05, 0.1) is 5.60 Å². The van der Waals surface area contributed by atoms with Gasteiger partial charge in [0, 0.05) is 10.6 Å². The zero-order valence-electron chi connectivity index (χ0n) is 15.6. The number of hydrogen-bond acceptors (Lipinski definition) is 1. The molecule has 24 heavy (non-hydrogen) atoms. The first kappa shape index (κ1) is 17.7. The highest BCUT2D eigenvalue weighted by Crippen LogP contribution is 2.47. The number of fused-ring (bicyclic) bond motifs is 3. The quantitative estimate of drug-likeness (QED) is 0.581. The molecule has 0 saturated heterocycles. The van der Waals surface area contributed by atoms with E-state index >= 15 is 0 Å². The zero-order valence-corrected chi connectivity index (χ0v) is 16.8. The van der Waals surface area contributed by atoms with Crippen molar-refractivity contribution in [3.8, 4) is 11.1 Å². The molecule has 1 aliphatic rings. The van der Waals surface area contributed by atoms with Crippen molar-refractivity contribution < 1.29 is 4.65 Å². The van der Waals surface area contributed by atoms with E-state index in [1.54, 1.807) is 0 Å². The Morgan fingerprint density at radius 3 is 2.21 bits per heavy atom. The zero-order chi connectivity index (χ0) is 17.8. The molecule has 2 aromatic carbocycles. The maximum Gasteiger partial charge on any atom is 0.330 e. The molecule has 2 aromatic rings. The van der Waals surface area contributed by atoms with Crippen molar-refractivity contribution in [2.24, 2.45) is 0 Å². The predicted octanol–water partition coefficient (Wildman–Crippen LogP) is 4.69. The summed E-state index contributed by atoms with van der Waals surface area (Å²) < 4.78 is 6.14. The Morgan fingerprint density at radius 2 is 1.54 bits per heavy atom. The fourth-order valence-electron chi connectivity index (χ4n) is 3.16. The van der Waals surface area contributed by atoms with Gasteiger partial charge in [-0.2, -0.15) is 0 Å². The molecule has 1 nitrogen and oxygen atoms in total. The van der Waals surface area contributed by atoms with E-state index in [0.717, 1.165) is 5.46 Å². The summed E-state index contributed by atoms with van der Waals surface area (Å²) in [5, 5.41) is -0.00423. The van der Waals surface area contributed by atoms with E-state index in [1.165, 1.54) is 22.3 Å². The summed E-state index contributed by atoms with van der Waals surface area (Å²) in [6.07, 6.45) is 0. The van der Waals surface area contributed by atoms with Crippen LogP contribution in [-0.4, -0.2) is 18.2 Å². The highest BCUT2D eigenvalue weighted by atomic mass is 31.0. The molecule has 0 amide bonds. The molecule has 125 valence electrons. The van der Waals surface area contributed by atoms with Crippen LogP contribution in [0.15, 0.2) is 42.5 Å². The molecule has 3 heteroatoms. The Kier molecular flexibility index (Phi) is 4.22. The fraction of sp³-hybridized carbons (Fsp3) is 0.429. The molecule has 1 unspecified atom stereocenters. The maximum absolute atomic E-state index is 6.14. The third-order valence-corrected chi connectivity index (χ3v) is 6.34. The minimum Gasteiger partial charge on any atom is -0.429 e. The van der Waals surface area contributed by atoms with Crippen LogP contribution in [-0.2, 0) is 10.1 Å². The monoisotopic (exact) mass is 337 g/mol. The van der Waals surface area contributed by atoms with Crippen LogP contribution in [0.25, 0.3) is 11.1 Å². The maximum atomic E-state index is 6.14. The van der Waals surface area contributed by atoms with Gasteiger partial charge in [-0.15, -0.1) is 9.24 Å². The van der Waals surface area contributed by atoms with E-state index in [4.69, 9.17) is 4.65 Å². The number of rotatable bonds is 4. The van der Waals surface area contributed by atoms with Gasteiger partial charge in [-0.3, -0.25) is 0 Å². The van der Waals surface area contributed by atoms with Crippen molar-refractivity contribution in [2.75, 3.05) is 0 Å². The van der Waals surface area contributed by atoms with Gasteiger partial charge in [0.2, 0.25) is 0 Å². The second-order valence-electron chi connectivity index (χ2n) is 8.44. The molecule has 0 bridgehead atoms. The van der Waals surface area contributed by atoms with E-state index in [0.29, 0.717) is 0 Å². The molecule has 0 aromatic heterocycles. The van der Waals surface area contributed by atoms with Gasteiger partial charge in [-0.25, -0.2) is 0 Å². The lowest BCUT2D eigenvalue weighted by atomic mass is 9.78. The van der Waals surface area contributed by atoms with Crippen LogP contribution in [0.2, 0.25) is 0 Å². The second kappa shape index (κ2) is 5.72. The normalized spacial score (nSPS) is 15.8. The first-order valence-electron chi connectivity index (χ1n) is 8.58. The molecule has 0 fully saturated rings. The van der Waals surface area contributed by atoms with Crippen molar-refractivity contribution in [1.29, 1.82) is 0 Å². The minimum absolute atomic E-state index is 0.00423. The molecule has 3 rings (SSSR count). The number of benzene rings is 2. The second-order valence-corrected chi connectivity index (χ2v) is 9.89. The Labute approximate surface area is 149 Å². The van der Waals surface area contributed by atoms with E-state index in [1.807, 2.05) is 7.48 Å². The SMILES string of the molecule is CC1(C)c2ccccc2-c2ccc([B]OC(C)(C)C(C)(C)P)cc21. The third kappa shape index (κ3) is 2.85. The van der Waals surface area contributed by atoms with Crippen molar-refractivity contribution in [2.45, 2.75) is 57.7 Å². The molecule has 0 N–H and O–H groups in total. The first-order valence-corrected chi connectivity index (χ1v) is 9.16. The highest BCUT2D eigenvalue weighted by Gasteiger charge is 2.36. The molecule has 1 radical (unpaired) electrons. The van der Waals surface area contributed by atoms with E-state index < -0.39 is 0 Å². The molecule has 1 aliphatic carbocycles. The smallest absolute Gasteiger partial charge is 0.330 e. The Hall–Kier alpha value is -1.11. The van der Waals surface area contributed by atoms with E-state index in [-0.39, 0.29) is 16.2 Å². The molecule has 1 atom stereocenters. The van der Waals surface area contributed by atoms with Crippen LogP contribution in [0.3, 0.4) is 0 Å². The van der Waals surface area contributed by atoms with Crippen molar-refractivity contribution >= 4 is 22.2 Å². The van der Waals surface area contributed by atoms with Gasteiger partial charge in [-0.05, 0) is 36.1 Å². The van der Waals surface area contributed by atoms with Gasteiger partial charge in [0.1, 0.15) is 0 Å². The summed E-state index contributed by atoms with van der Waals surface area (Å²) >= 11 is 0. The lowest BCUT2D eigenvalue weighted by molar-refractivity contribution is 0.0841. The standard InChI is InChI=1S/C21H27BOP/c1-19(2)17-10-8-7-9-15(17)16-12-11-14(13-18(16)19)22-23-20(3,4)21(5,6)24/h7-13H,24H2,1-6H3. The predicted molar refractivity (Wildman–Crippen MR) is 108 cm³/mol. The summed E-state index contributed by atoms with van der Waals surface area (Å²) in [6, 6.07) is 15.4. The Morgan fingerprint density at radius 1 is 0.917 bits per heavy atom.